The number of amides is 11. The molecule has 0 unspecified atom stereocenters. The van der Waals surface area contributed by atoms with Crippen LogP contribution in [-0.2, 0) is 87.3 Å². The Morgan fingerprint density at radius 2 is 1.54 bits per heavy atom. The number of hydrogen-bond donors (Lipinski definition) is 12. The number of nitrogens with one attached hydrogen (secondary N) is 7. The van der Waals surface area contributed by atoms with Gasteiger partial charge in [0.2, 0.25) is 41.4 Å². The Morgan fingerprint density at radius 1 is 0.824 bits per heavy atom. The summed E-state index contributed by atoms with van der Waals surface area (Å²) in [5, 5.41) is 51.1. The molecule has 2 aromatic heterocycles. The highest BCUT2D eigenvalue weighted by Crippen LogP contribution is 2.46. The lowest BCUT2D eigenvalue weighted by molar-refractivity contribution is -0.172. The molecule has 30 nitrogen and oxygen atoms in total. The molecule has 1 fully saturated rings. The lowest BCUT2D eigenvalue weighted by Crippen LogP contribution is -2.58. The summed E-state index contributed by atoms with van der Waals surface area (Å²) in [7, 11) is 0. The Labute approximate surface area is 520 Å². The van der Waals surface area contributed by atoms with E-state index in [1.807, 2.05) is 0 Å². The van der Waals surface area contributed by atoms with Gasteiger partial charge in [0.05, 0.1) is 47.6 Å². The maximum Gasteiger partial charge on any atom is 0.343 e. The van der Waals surface area contributed by atoms with E-state index in [4.69, 9.17) is 30.7 Å². The monoisotopic (exact) mass is 1270 g/mol. The number of esters is 1. The van der Waals surface area contributed by atoms with E-state index in [9.17, 15) is 72.9 Å². The summed E-state index contributed by atoms with van der Waals surface area (Å²) < 4.78 is 33.4. The Kier molecular flexibility index (Phi) is 22.1. The quantitative estimate of drug-likeness (QED) is 0.0117. The van der Waals surface area contributed by atoms with Crippen LogP contribution >= 0.6 is 0 Å². The van der Waals surface area contributed by atoms with Crippen LogP contribution in [0.2, 0.25) is 0 Å². The smallest absolute Gasteiger partial charge is 0.343 e. The number of aliphatic hydroxyl groups is 3. The van der Waals surface area contributed by atoms with Gasteiger partial charge in [0, 0.05) is 67.2 Å². The van der Waals surface area contributed by atoms with Crippen molar-refractivity contribution in [3.05, 3.63) is 73.8 Å². The van der Waals surface area contributed by atoms with Gasteiger partial charge in [-0.2, -0.15) is 0 Å². The van der Waals surface area contributed by atoms with Gasteiger partial charge in [0.1, 0.15) is 62.2 Å². The number of ether oxygens (including phenoxy) is 3. The highest BCUT2D eigenvalue weighted by atomic mass is 19.1. The van der Waals surface area contributed by atoms with Gasteiger partial charge in [-0.15, -0.1) is 0 Å². The van der Waals surface area contributed by atoms with E-state index in [2.05, 4.69) is 37.2 Å². The standard InChI is InChI=1S/C60H77FN12O18/c1-5-60(88)33-20-39-51-31(24-73(39)57(85)32(33)25-90-58(60)86)49-35(13-12-30-29(4)34(61)21-38(69-51)48(30)49)67-45(77)26-89-27-66-54(82)36(10-9-18-64-59(63)87)70-56(84)50(28(2)3)71-55(83)37(68-44(76)11-7-6-8-19-72-46(78)16-17-47(72)79)14-15-43(75)65-23-41-53(81)52(80)40(91-41)22-42(62)74/h16-17,20-21,28,35-37,40-41,50,52-53,80-81,88H,5-15,18-19,22-27H2,1-4H3,(H2,62,74)(H,65,75)(H,66,82)(H,67,77)(H,68,76)(H,70,84)(H,71,83)(H3,63,64,87)/t35-,36-,37-,40-,41+,50-,52-,53+,60-/m0/s1. The predicted octanol–water partition coefficient (Wildman–Crippen LogP) is -1.97. The van der Waals surface area contributed by atoms with Crippen molar-refractivity contribution in [3.63, 3.8) is 0 Å². The Morgan fingerprint density at radius 3 is 2.23 bits per heavy atom. The molecule has 6 heterocycles. The van der Waals surface area contributed by atoms with Crippen LogP contribution in [0.5, 0.6) is 0 Å². The van der Waals surface area contributed by atoms with E-state index in [-0.39, 0.29) is 93.6 Å². The van der Waals surface area contributed by atoms with Crippen LogP contribution in [0.4, 0.5) is 9.18 Å². The molecule has 8 rings (SSSR count). The van der Waals surface area contributed by atoms with Crippen molar-refractivity contribution in [2.45, 2.75) is 172 Å². The zero-order valence-corrected chi connectivity index (χ0v) is 50.8. The van der Waals surface area contributed by atoms with E-state index in [1.54, 1.807) is 27.7 Å². The third-order valence-electron chi connectivity index (χ3n) is 17.0. The largest absolute Gasteiger partial charge is 0.458 e. The van der Waals surface area contributed by atoms with Gasteiger partial charge in [-0.3, -0.25) is 52.8 Å². The second-order valence-corrected chi connectivity index (χ2v) is 23.5. The number of carbonyl (C=O) groups is 11. The highest BCUT2D eigenvalue weighted by Gasteiger charge is 2.47. The summed E-state index contributed by atoms with van der Waals surface area (Å²) in [6.45, 7) is 4.70. The molecule has 0 radical (unpaired) electrons. The Balaban J connectivity index is 0.904. The highest BCUT2D eigenvalue weighted by molar-refractivity contribution is 6.12. The van der Waals surface area contributed by atoms with E-state index in [1.165, 1.54) is 16.7 Å². The van der Waals surface area contributed by atoms with Gasteiger partial charge in [-0.05, 0) is 87.0 Å². The molecule has 91 heavy (non-hydrogen) atoms. The number of nitrogens with two attached hydrogens (primary N) is 2. The number of cyclic esters (lactones) is 1. The normalized spacial score (nSPS) is 21.3. The van der Waals surface area contributed by atoms with E-state index < -0.39 is 163 Å². The minimum atomic E-state index is -2.10. The minimum Gasteiger partial charge on any atom is -0.458 e. The summed E-state index contributed by atoms with van der Waals surface area (Å²) in [5.41, 5.74) is 11.1. The van der Waals surface area contributed by atoms with Crippen molar-refractivity contribution in [3.8, 4) is 11.4 Å². The van der Waals surface area contributed by atoms with Crippen molar-refractivity contribution in [2.75, 3.05) is 33.0 Å². The van der Waals surface area contributed by atoms with Crippen molar-refractivity contribution in [1.29, 1.82) is 0 Å². The first-order valence-electron chi connectivity index (χ1n) is 30.2. The van der Waals surface area contributed by atoms with Crippen molar-refractivity contribution >= 4 is 76.1 Å². The van der Waals surface area contributed by atoms with Gasteiger partial charge < -0.3 is 82.8 Å². The number of rotatable bonds is 30. The molecular formula is C60H77FN12O18. The van der Waals surface area contributed by atoms with Crippen LogP contribution in [0.3, 0.4) is 0 Å². The lowest BCUT2D eigenvalue weighted by Gasteiger charge is -2.31. The number of halogens is 1. The zero-order chi connectivity index (χ0) is 66.2. The summed E-state index contributed by atoms with van der Waals surface area (Å²) in [6.07, 6.45) is -2.45. The molecular weight excluding hydrogens is 1200 g/mol. The third-order valence-corrected chi connectivity index (χ3v) is 17.0. The summed E-state index contributed by atoms with van der Waals surface area (Å²) >= 11 is 0. The van der Waals surface area contributed by atoms with Crippen LogP contribution < -0.4 is 54.2 Å². The van der Waals surface area contributed by atoms with Crippen LogP contribution in [0.15, 0.2) is 29.1 Å². The van der Waals surface area contributed by atoms with Crippen LogP contribution in [0.1, 0.15) is 131 Å². The fourth-order valence-corrected chi connectivity index (χ4v) is 12.0. The van der Waals surface area contributed by atoms with Gasteiger partial charge in [0.25, 0.3) is 17.4 Å². The molecule has 11 amide bonds. The van der Waals surface area contributed by atoms with E-state index in [0.29, 0.717) is 59.0 Å². The van der Waals surface area contributed by atoms with Crippen LogP contribution in [-0.4, -0.2) is 170 Å². The maximum atomic E-state index is 15.5. The number of unbranched alkanes of at least 4 members (excludes halogenated alkanes) is 2. The van der Waals surface area contributed by atoms with Crippen LogP contribution in [0.25, 0.3) is 22.3 Å². The molecule has 4 aliphatic heterocycles. The third kappa shape index (κ3) is 15.5. The Bertz CT molecular complexity index is 3490. The summed E-state index contributed by atoms with van der Waals surface area (Å²) in [6, 6.07) is -2.89. The fourth-order valence-electron chi connectivity index (χ4n) is 12.0. The van der Waals surface area contributed by atoms with Crippen molar-refractivity contribution in [2.24, 2.45) is 17.4 Å². The number of hydrogen-bond acceptors (Lipinski definition) is 19. The predicted molar refractivity (Wildman–Crippen MR) is 316 cm³/mol. The molecule has 1 aliphatic carbocycles. The molecule has 492 valence electrons. The summed E-state index contributed by atoms with van der Waals surface area (Å²) in [5.74, 6) is -8.21. The second-order valence-electron chi connectivity index (χ2n) is 23.5. The molecule has 1 saturated heterocycles. The number of pyridine rings is 2. The van der Waals surface area contributed by atoms with Gasteiger partial charge in [-0.25, -0.2) is 19.0 Å². The van der Waals surface area contributed by atoms with Gasteiger partial charge in [-0.1, -0.05) is 27.2 Å². The molecule has 0 saturated carbocycles. The topological polar surface area (TPSA) is 451 Å². The van der Waals surface area contributed by atoms with E-state index >= 15 is 4.39 Å². The molecule has 31 heteroatoms. The Hall–Kier alpha value is -8.78. The first kappa shape index (κ1) is 68.1. The molecule has 5 aliphatic rings. The minimum absolute atomic E-state index is 0.00181. The first-order chi connectivity index (χ1) is 43.2. The average Bonchev–Trinajstić information content (AvgIpc) is 1.63. The molecule has 9 atom stereocenters. The zero-order valence-electron chi connectivity index (χ0n) is 50.8. The maximum absolute atomic E-state index is 15.5. The number of fused-ring (bicyclic) bond motifs is 5. The van der Waals surface area contributed by atoms with E-state index in [0.717, 1.165) is 17.1 Å². The first-order valence-corrected chi connectivity index (χ1v) is 30.2. The number of nitrogens with zero attached hydrogens (tertiary/aromatic N) is 3. The van der Waals surface area contributed by atoms with Gasteiger partial charge in [0.15, 0.2) is 5.60 Å². The number of imide groups is 1. The van der Waals surface area contributed by atoms with Gasteiger partial charge >= 0.3 is 12.0 Å². The number of aryl methyl sites for hydroxylation is 1. The summed E-state index contributed by atoms with van der Waals surface area (Å²) in [4.78, 5) is 162. The van der Waals surface area contributed by atoms with Crippen molar-refractivity contribution in [1.82, 2.24) is 51.7 Å². The molecule has 0 bridgehead atoms. The molecule has 0 spiro atoms. The molecule has 3 aromatic rings. The number of carbonyl (C=O) groups excluding carboxylic acids is 11. The van der Waals surface area contributed by atoms with Crippen molar-refractivity contribution < 1.29 is 86.7 Å². The number of benzene rings is 1. The average molecular weight is 1270 g/mol. The number of aromatic nitrogens is 2. The van der Waals surface area contributed by atoms with Crippen LogP contribution in [0, 0.1) is 18.7 Å². The second kappa shape index (κ2) is 29.5. The number of urea groups is 1. The molecule has 14 N–H and O–H groups in total. The molecule has 1 aromatic carbocycles. The SMILES string of the molecule is CC[C@@]1(O)C(=O)OCc2c1cc1n(c2=O)Cc2c-1nc1cc(F)c(C)c3c1c2[C@@H](NC(=O)COCNC(=O)[C@H](CCCNC(N)=O)NC(=O)[C@@H](NC(=O)[C@H](CCC(=O)NC[C@H]1O[C@@H](CC(N)=O)[C@H](O)[C@@H]1O)NC(=O)CCCCCN1C(=O)C=CC1=O)C(C)C)CC3. The fraction of sp³-hybridized carbons (Fsp3) is 0.550. The number of primary amides is 2. The number of aliphatic hydroxyl groups excluding tert-OH is 2. The lowest BCUT2D eigenvalue weighted by atomic mass is 9.81.